The molecule has 108 valence electrons. The van der Waals surface area contributed by atoms with Gasteiger partial charge in [-0.15, -0.1) is 0 Å². The summed E-state index contributed by atoms with van der Waals surface area (Å²) < 4.78 is 0. The Morgan fingerprint density at radius 1 is 1.00 bits per heavy atom. The molecule has 0 bridgehead atoms. The molecule has 0 aliphatic carbocycles. The normalized spacial score (nSPS) is 9.95. The fraction of sp³-hybridized carbons (Fsp3) is 0.176. The lowest BCUT2D eigenvalue weighted by Crippen LogP contribution is -2.26. The van der Waals surface area contributed by atoms with E-state index in [0.29, 0.717) is 24.2 Å². The van der Waals surface area contributed by atoms with E-state index in [2.05, 4.69) is 5.48 Å². The van der Waals surface area contributed by atoms with Crippen LogP contribution in [0.1, 0.15) is 29.3 Å². The first-order valence-electron chi connectivity index (χ1n) is 6.76. The molecule has 2 rings (SSSR count). The predicted octanol–water partition coefficient (Wildman–Crippen LogP) is 2.93. The van der Waals surface area contributed by atoms with E-state index in [0.717, 1.165) is 5.56 Å². The van der Waals surface area contributed by atoms with Crippen molar-refractivity contribution in [2.75, 3.05) is 0 Å². The van der Waals surface area contributed by atoms with Gasteiger partial charge in [0.2, 0.25) is 0 Å². The third-order valence-electron chi connectivity index (χ3n) is 2.99. The number of Topliss-reactive ketones (excluding diaryl/α,β-unsaturated/α-hetero) is 1. The Labute approximate surface area is 123 Å². The van der Waals surface area contributed by atoms with E-state index in [1.165, 1.54) is 0 Å². The van der Waals surface area contributed by atoms with Crippen molar-refractivity contribution in [1.82, 2.24) is 5.48 Å². The Morgan fingerprint density at radius 2 is 1.67 bits per heavy atom. The highest BCUT2D eigenvalue weighted by atomic mass is 16.7. The van der Waals surface area contributed by atoms with Crippen LogP contribution in [0.3, 0.4) is 0 Å². The van der Waals surface area contributed by atoms with Crippen molar-refractivity contribution in [2.45, 2.75) is 19.8 Å². The maximum atomic E-state index is 11.8. The van der Waals surface area contributed by atoms with E-state index in [1.807, 2.05) is 18.2 Å². The van der Waals surface area contributed by atoms with E-state index < -0.39 is 0 Å². The number of aryl methyl sites for hydroxylation is 1. The van der Waals surface area contributed by atoms with Gasteiger partial charge in [-0.1, -0.05) is 30.3 Å². The summed E-state index contributed by atoms with van der Waals surface area (Å²) in [5, 5.41) is 0. The smallest absolute Gasteiger partial charge is 0.283 e. The van der Waals surface area contributed by atoms with E-state index >= 15 is 0 Å². The molecule has 0 saturated carbocycles. The van der Waals surface area contributed by atoms with Crippen molar-refractivity contribution in [2.24, 2.45) is 0 Å². The highest BCUT2D eigenvalue weighted by Crippen LogP contribution is 2.13. The number of carbonyl (C=O) groups excluding carboxylic acids is 2. The molecule has 0 saturated heterocycles. The molecular formula is C17H17NO3. The second-order valence-corrected chi connectivity index (χ2v) is 4.75. The number of hydrogen-bond acceptors (Lipinski definition) is 3. The molecule has 0 heterocycles. The highest BCUT2D eigenvalue weighted by molar-refractivity contribution is 5.93. The molecule has 0 aliphatic rings. The average molecular weight is 283 g/mol. The topological polar surface area (TPSA) is 55.4 Å². The molecule has 1 N–H and O–H groups in total. The van der Waals surface area contributed by atoms with Crippen molar-refractivity contribution in [3.63, 3.8) is 0 Å². The standard InChI is InChI=1S/C17H17NO3/c1-13(19)7-8-14-9-11-16(12-10-14)21-18-17(20)15-5-3-2-4-6-15/h2-6,9-12H,7-8H2,1H3,(H,18,20). The van der Waals surface area contributed by atoms with Crippen molar-refractivity contribution in [1.29, 1.82) is 0 Å². The van der Waals surface area contributed by atoms with Crippen molar-refractivity contribution in [3.05, 3.63) is 65.7 Å². The number of ketones is 1. The van der Waals surface area contributed by atoms with Crippen LogP contribution in [-0.4, -0.2) is 11.7 Å². The molecule has 0 fully saturated rings. The van der Waals surface area contributed by atoms with E-state index in [-0.39, 0.29) is 11.7 Å². The molecule has 0 unspecified atom stereocenters. The van der Waals surface area contributed by atoms with Crippen molar-refractivity contribution < 1.29 is 14.4 Å². The summed E-state index contributed by atoms with van der Waals surface area (Å²) in [6, 6.07) is 16.1. The quantitative estimate of drug-likeness (QED) is 0.829. The molecule has 2 aromatic rings. The summed E-state index contributed by atoms with van der Waals surface area (Å²) >= 11 is 0. The largest absolute Gasteiger partial charge is 0.379 e. The molecule has 0 radical (unpaired) electrons. The van der Waals surface area contributed by atoms with Crippen LogP contribution < -0.4 is 10.3 Å². The third-order valence-corrected chi connectivity index (χ3v) is 2.99. The van der Waals surface area contributed by atoms with Gasteiger partial charge in [-0.25, -0.2) is 0 Å². The number of carbonyl (C=O) groups is 2. The molecule has 0 atom stereocenters. The number of amides is 1. The van der Waals surface area contributed by atoms with Crippen molar-refractivity contribution >= 4 is 11.7 Å². The van der Waals surface area contributed by atoms with Gasteiger partial charge in [0.15, 0.2) is 5.75 Å². The van der Waals surface area contributed by atoms with Crippen LogP contribution in [0.15, 0.2) is 54.6 Å². The Balaban J connectivity index is 1.86. The zero-order valence-electron chi connectivity index (χ0n) is 11.8. The van der Waals surface area contributed by atoms with Gasteiger partial charge < -0.3 is 9.63 Å². The SMILES string of the molecule is CC(=O)CCc1ccc(ONC(=O)c2ccccc2)cc1. The lowest BCUT2D eigenvalue weighted by molar-refractivity contribution is -0.116. The fourth-order valence-corrected chi connectivity index (χ4v) is 1.80. The lowest BCUT2D eigenvalue weighted by Gasteiger charge is -2.07. The lowest BCUT2D eigenvalue weighted by atomic mass is 10.1. The third kappa shape index (κ3) is 4.76. The number of hydrogen-bond donors (Lipinski definition) is 1. The first-order valence-corrected chi connectivity index (χ1v) is 6.76. The van der Waals surface area contributed by atoms with Gasteiger partial charge in [-0.3, -0.25) is 4.79 Å². The van der Waals surface area contributed by atoms with E-state index in [9.17, 15) is 9.59 Å². The minimum atomic E-state index is -0.295. The Morgan fingerprint density at radius 3 is 2.29 bits per heavy atom. The minimum absolute atomic E-state index is 0.172. The second kappa shape index (κ2) is 7.24. The first kappa shape index (κ1) is 14.8. The van der Waals surface area contributed by atoms with E-state index in [4.69, 9.17) is 4.84 Å². The zero-order valence-corrected chi connectivity index (χ0v) is 11.8. The number of benzene rings is 2. The summed E-state index contributed by atoms with van der Waals surface area (Å²) in [5.74, 6) is 0.424. The number of hydroxylamine groups is 1. The number of nitrogens with one attached hydrogen (secondary N) is 1. The van der Waals surface area contributed by atoms with Gasteiger partial charge in [-0.2, -0.15) is 5.48 Å². The molecule has 0 spiro atoms. The van der Waals surface area contributed by atoms with Crippen LogP contribution in [0.2, 0.25) is 0 Å². The van der Waals surface area contributed by atoms with Gasteiger partial charge in [-0.05, 0) is 43.2 Å². The van der Waals surface area contributed by atoms with Gasteiger partial charge >= 0.3 is 0 Å². The Bertz CT molecular complexity index is 606. The molecule has 2 aromatic carbocycles. The monoisotopic (exact) mass is 283 g/mol. The second-order valence-electron chi connectivity index (χ2n) is 4.75. The van der Waals surface area contributed by atoms with Crippen molar-refractivity contribution in [3.8, 4) is 5.75 Å². The maximum Gasteiger partial charge on any atom is 0.283 e. The summed E-state index contributed by atoms with van der Waals surface area (Å²) in [6.07, 6.45) is 1.25. The molecule has 1 amide bonds. The summed E-state index contributed by atoms with van der Waals surface area (Å²) in [6.45, 7) is 1.58. The zero-order chi connectivity index (χ0) is 15.1. The summed E-state index contributed by atoms with van der Waals surface area (Å²) in [4.78, 5) is 27.9. The molecular weight excluding hydrogens is 266 g/mol. The van der Waals surface area contributed by atoms with Gasteiger partial charge in [0, 0.05) is 12.0 Å². The maximum absolute atomic E-state index is 11.8. The van der Waals surface area contributed by atoms with Gasteiger partial charge in [0.1, 0.15) is 5.78 Å². The van der Waals surface area contributed by atoms with E-state index in [1.54, 1.807) is 43.3 Å². The fourth-order valence-electron chi connectivity index (χ4n) is 1.80. The van der Waals surface area contributed by atoms with Crippen LogP contribution in [-0.2, 0) is 11.2 Å². The Hall–Kier alpha value is -2.62. The summed E-state index contributed by atoms with van der Waals surface area (Å²) in [5.41, 5.74) is 3.99. The van der Waals surface area contributed by atoms with Gasteiger partial charge in [0.05, 0.1) is 0 Å². The molecule has 0 aliphatic heterocycles. The van der Waals surface area contributed by atoms with Crippen LogP contribution in [0, 0.1) is 0 Å². The molecule has 0 aromatic heterocycles. The highest BCUT2D eigenvalue weighted by Gasteiger charge is 2.05. The number of rotatable bonds is 6. The van der Waals surface area contributed by atoms with Crippen LogP contribution in [0.4, 0.5) is 0 Å². The van der Waals surface area contributed by atoms with Gasteiger partial charge in [0.25, 0.3) is 5.91 Å². The predicted molar refractivity (Wildman–Crippen MR) is 80.0 cm³/mol. The van der Waals surface area contributed by atoms with Crippen LogP contribution in [0.25, 0.3) is 0 Å². The average Bonchev–Trinajstić information content (AvgIpc) is 2.52. The Kier molecular flexibility index (Phi) is 5.10. The minimum Gasteiger partial charge on any atom is -0.379 e. The van der Waals surface area contributed by atoms with Crippen LogP contribution >= 0.6 is 0 Å². The molecule has 4 nitrogen and oxygen atoms in total. The summed E-state index contributed by atoms with van der Waals surface area (Å²) in [7, 11) is 0. The van der Waals surface area contributed by atoms with Crippen LogP contribution in [0.5, 0.6) is 5.75 Å². The molecule has 4 heteroatoms. The first-order chi connectivity index (χ1) is 10.1. The molecule has 21 heavy (non-hydrogen) atoms.